The maximum absolute atomic E-state index is 12.1. The molecule has 1 fully saturated rings. The standard InChI is InChI=1S/C19H30N2O2/c1-21(18-7-4-3-5-8-18)14-6-13-20-19(22)17-11-9-16(10-12-17)15-23-2/h9-12,18H,3-8,13-15H2,1-2H3,(H,20,22). The molecule has 0 atom stereocenters. The SMILES string of the molecule is COCc1ccc(C(=O)NCCCN(C)C2CCCCC2)cc1. The third-order valence-electron chi connectivity index (χ3n) is 4.70. The first-order chi connectivity index (χ1) is 11.2. The summed E-state index contributed by atoms with van der Waals surface area (Å²) in [6, 6.07) is 8.34. The Balaban J connectivity index is 1.65. The smallest absolute Gasteiger partial charge is 0.251 e. The second kappa shape index (κ2) is 9.68. The van der Waals surface area contributed by atoms with E-state index in [9.17, 15) is 4.79 Å². The van der Waals surface area contributed by atoms with Crippen molar-refractivity contribution in [2.75, 3.05) is 27.2 Å². The molecule has 0 heterocycles. The van der Waals surface area contributed by atoms with E-state index in [1.54, 1.807) is 7.11 Å². The Bertz CT molecular complexity index is 467. The van der Waals surface area contributed by atoms with Gasteiger partial charge in [-0.15, -0.1) is 0 Å². The summed E-state index contributed by atoms with van der Waals surface area (Å²) < 4.78 is 5.07. The van der Waals surface area contributed by atoms with Gasteiger partial charge in [-0.1, -0.05) is 31.4 Å². The molecular formula is C19H30N2O2. The Morgan fingerprint density at radius 1 is 1.22 bits per heavy atom. The number of amides is 1. The molecule has 1 aromatic carbocycles. The van der Waals surface area contributed by atoms with E-state index in [0.29, 0.717) is 12.2 Å². The lowest BCUT2D eigenvalue weighted by Gasteiger charge is -2.31. The molecule has 1 aromatic rings. The minimum Gasteiger partial charge on any atom is -0.380 e. The van der Waals surface area contributed by atoms with Crippen LogP contribution in [0.1, 0.15) is 54.4 Å². The molecule has 1 saturated carbocycles. The highest BCUT2D eigenvalue weighted by Crippen LogP contribution is 2.21. The number of carbonyl (C=O) groups excluding carboxylic acids is 1. The maximum Gasteiger partial charge on any atom is 0.251 e. The fourth-order valence-electron chi connectivity index (χ4n) is 3.26. The maximum atomic E-state index is 12.1. The van der Waals surface area contributed by atoms with Gasteiger partial charge >= 0.3 is 0 Å². The van der Waals surface area contributed by atoms with Gasteiger partial charge in [-0.2, -0.15) is 0 Å². The van der Waals surface area contributed by atoms with Crippen molar-refractivity contribution in [2.45, 2.75) is 51.2 Å². The van der Waals surface area contributed by atoms with Gasteiger partial charge in [0, 0.05) is 25.3 Å². The molecular weight excluding hydrogens is 288 g/mol. The fraction of sp³-hybridized carbons (Fsp3) is 0.632. The van der Waals surface area contributed by atoms with Crippen molar-refractivity contribution in [1.29, 1.82) is 0 Å². The van der Waals surface area contributed by atoms with Gasteiger partial charge in [0.25, 0.3) is 5.91 Å². The number of carbonyl (C=O) groups is 1. The van der Waals surface area contributed by atoms with Crippen molar-refractivity contribution in [3.05, 3.63) is 35.4 Å². The normalized spacial score (nSPS) is 15.8. The van der Waals surface area contributed by atoms with E-state index < -0.39 is 0 Å². The Morgan fingerprint density at radius 2 is 1.91 bits per heavy atom. The van der Waals surface area contributed by atoms with Crippen LogP contribution in [-0.2, 0) is 11.3 Å². The van der Waals surface area contributed by atoms with Crippen molar-refractivity contribution >= 4 is 5.91 Å². The van der Waals surface area contributed by atoms with E-state index in [4.69, 9.17) is 4.74 Å². The summed E-state index contributed by atoms with van der Waals surface area (Å²) in [5.41, 5.74) is 1.80. The summed E-state index contributed by atoms with van der Waals surface area (Å²) in [4.78, 5) is 14.6. The van der Waals surface area contributed by atoms with Gasteiger partial charge in [-0.05, 0) is 50.6 Å². The molecule has 4 heteroatoms. The summed E-state index contributed by atoms with van der Waals surface area (Å²) >= 11 is 0. The quantitative estimate of drug-likeness (QED) is 0.748. The van der Waals surface area contributed by atoms with Crippen LogP contribution in [-0.4, -0.2) is 44.1 Å². The molecule has 0 bridgehead atoms. The van der Waals surface area contributed by atoms with Gasteiger partial charge < -0.3 is 15.0 Å². The van der Waals surface area contributed by atoms with E-state index in [0.717, 1.165) is 31.1 Å². The van der Waals surface area contributed by atoms with Crippen LogP contribution < -0.4 is 5.32 Å². The molecule has 23 heavy (non-hydrogen) atoms. The molecule has 128 valence electrons. The van der Waals surface area contributed by atoms with Gasteiger partial charge in [0.2, 0.25) is 0 Å². The molecule has 1 amide bonds. The van der Waals surface area contributed by atoms with Crippen molar-refractivity contribution in [3.8, 4) is 0 Å². The van der Waals surface area contributed by atoms with Crippen LogP contribution in [0.15, 0.2) is 24.3 Å². The number of nitrogens with one attached hydrogen (secondary N) is 1. The Hall–Kier alpha value is -1.39. The zero-order valence-electron chi connectivity index (χ0n) is 14.5. The largest absolute Gasteiger partial charge is 0.380 e. The Morgan fingerprint density at radius 3 is 2.57 bits per heavy atom. The van der Waals surface area contributed by atoms with Crippen LogP contribution in [0, 0.1) is 0 Å². The third kappa shape index (κ3) is 5.96. The van der Waals surface area contributed by atoms with E-state index in [-0.39, 0.29) is 5.91 Å². The van der Waals surface area contributed by atoms with Gasteiger partial charge in [-0.25, -0.2) is 0 Å². The molecule has 1 N–H and O–H groups in total. The van der Waals surface area contributed by atoms with Crippen LogP contribution in [0.3, 0.4) is 0 Å². The second-order valence-electron chi connectivity index (χ2n) is 6.51. The highest BCUT2D eigenvalue weighted by molar-refractivity contribution is 5.94. The van der Waals surface area contributed by atoms with Crippen LogP contribution in [0.4, 0.5) is 0 Å². The molecule has 1 aliphatic carbocycles. The molecule has 0 aromatic heterocycles. The number of hydrogen-bond acceptors (Lipinski definition) is 3. The predicted molar refractivity (Wildman–Crippen MR) is 93.6 cm³/mol. The van der Waals surface area contributed by atoms with Crippen LogP contribution in [0.25, 0.3) is 0 Å². The monoisotopic (exact) mass is 318 g/mol. The number of methoxy groups -OCH3 is 1. The Labute approximate surface area is 140 Å². The van der Waals surface area contributed by atoms with Gasteiger partial charge in [0.1, 0.15) is 0 Å². The summed E-state index contributed by atoms with van der Waals surface area (Å²) in [5.74, 6) is 0.00860. The van der Waals surface area contributed by atoms with Crippen molar-refractivity contribution < 1.29 is 9.53 Å². The van der Waals surface area contributed by atoms with E-state index in [2.05, 4.69) is 17.3 Å². The molecule has 0 saturated heterocycles. The minimum atomic E-state index is 0.00860. The first kappa shape index (κ1) is 18.0. The molecule has 0 aliphatic heterocycles. The minimum absolute atomic E-state index is 0.00860. The van der Waals surface area contributed by atoms with Crippen molar-refractivity contribution in [2.24, 2.45) is 0 Å². The van der Waals surface area contributed by atoms with E-state index in [1.807, 2.05) is 24.3 Å². The third-order valence-corrected chi connectivity index (χ3v) is 4.70. The molecule has 2 rings (SSSR count). The lowest BCUT2D eigenvalue weighted by molar-refractivity contribution is 0.0950. The predicted octanol–water partition coefficient (Wildman–Crippen LogP) is 3.22. The average molecular weight is 318 g/mol. The van der Waals surface area contributed by atoms with Crippen LogP contribution >= 0.6 is 0 Å². The van der Waals surface area contributed by atoms with E-state index in [1.165, 1.54) is 32.1 Å². The van der Waals surface area contributed by atoms with Crippen molar-refractivity contribution in [1.82, 2.24) is 10.2 Å². The Kier molecular flexibility index (Phi) is 7.56. The van der Waals surface area contributed by atoms with Crippen molar-refractivity contribution in [3.63, 3.8) is 0 Å². The molecule has 0 unspecified atom stereocenters. The summed E-state index contributed by atoms with van der Waals surface area (Å²) in [5, 5.41) is 3.01. The summed E-state index contributed by atoms with van der Waals surface area (Å²) in [6.07, 6.45) is 7.78. The second-order valence-corrected chi connectivity index (χ2v) is 6.51. The number of ether oxygens (including phenoxy) is 1. The number of hydrogen-bond donors (Lipinski definition) is 1. The molecule has 1 aliphatic rings. The number of nitrogens with zero attached hydrogens (tertiary/aromatic N) is 1. The first-order valence-electron chi connectivity index (χ1n) is 8.77. The van der Waals surface area contributed by atoms with Gasteiger partial charge in [0.15, 0.2) is 0 Å². The molecule has 0 spiro atoms. The fourth-order valence-corrected chi connectivity index (χ4v) is 3.26. The highest BCUT2D eigenvalue weighted by atomic mass is 16.5. The zero-order valence-corrected chi connectivity index (χ0v) is 14.5. The topological polar surface area (TPSA) is 41.6 Å². The zero-order chi connectivity index (χ0) is 16.5. The summed E-state index contributed by atoms with van der Waals surface area (Å²) in [7, 11) is 3.89. The highest BCUT2D eigenvalue weighted by Gasteiger charge is 2.17. The molecule has 0 radical (unpaired) electrons. The van der Waals surface area contributed by atoms with Gasteiger partial charge in [0.05, 0.1) is 6.61 Å². The van der Waals surface area contributed by atoms with Crippen LogP contribution in [0.5, 0.6) is 0 Å². The average Bonchev–Trinajstić information content (AvgIpc) is 2.60. The lowest BCUT2D eigenvalue weighted by Crippen LogP contribution is -2.35. The first-order valence-corrected chi connectivity index (χ1v) is 8.77. The summed E-state index contributed by atoms with van der Waals surface area (Å²) in [6.45, 7) is 2.36. The number of benzene rings is 1. The van der Waals surface area contributed by atoms with Gasteiger partial charge in [-0.3, -0.25) is 4.79 Å². The van der Waals surface area contributed by atoms with Crippen LogP contribution in [0.2, 0.25) is 0 Å². The lowest BCUT2D eigenvalue weighted by atomic mass is 9.94. The van der Waals surface area contributed by atoms with E-state index >= 15 is 0 Å². The number of rotatable bonds is 8. The molecule has 4 nitrogen and oxygen atoms in total.